The third kappa shape index (κ3) is 4.01. The molecule has 0 bridgehead atoms. The molecule has 0 unspecified atom stereocenters. The van der Waals surface area contributed by atoms with Crippen LogP contribution in [0.4, 0.5) is 0 Å². The average molecular weight is 345 g/mol. The van der Waals surface area contributed by atoms with Gasteiger partial charge in [-0.3, -0.25) is 0 Å². The summed E-state index contributed by atoms with van der Waals surface area (Å²) < 4.78 is 15.8. The Kier molecular flexibility index (Phi) is 8.90. The Bertz CT molecular complexity index is 420. The van der Waals surface area contributed by atoms with Gasteiger partial charge in [-0.05, 0) is 28.1 Å². The molecule has 7 heteroatoms. The fourth-order valence-corrected chi connectivity index (χ4v) is 2.01. The van der Waals surface area contributed by atoms with Crippen molar-refractivity contribution in [2.24, 2.45) is 0 Å². The van der Waals surface area contributed by atoms with Gasteiger partial charge < -0.3 is 19.3 Å². The quantitative estimate of drug-likeness (QED) is 0.651. The van der Waals surface area contributed by atoms with E-state index in [1.165, 1.54) is 21.3 Å². The Balaban J connectivity index is 0.00000289. The van der Waals surface area contributed by atoms with E-state index in [1.54, 1.807) is 12.1 Å². The maximum atomic E-state index is 11.2. The van der Waals surface area contributed by atoms with Gasteiger partial charge in [0.05, 0.1) is 12.7 Å². The number of carbonyl (C=O) groups is 1. The number of halogens is 1. The molecule has 1 aromatic rings. The SMILES string of the molecule is COc1c(C(OC)OC)ccc(Br)c1C(=O)O.[KH]. The third-order valence-electron chi connectivity index (χ3n) is 2.24. The van der Waals surface area contributed by atoms with E-state index in [0.717, 1.165) is 0 Å². The van der Waals surface area contributed by atoms with E-state index in [-0.39, 0.29) is 62.7 Å². The van der Waals surface area contributed by atoms with E-state index in [4.69, 9.17) is 19.3 Å². The average Bonchev–Trinajstić information content (AvgIpc) is 2.31. The van der Waals surface area contributed by atoms with Crippen molar-refractivity contribution < 1.29 is 24.1 Å². The van der Waals surface area contributed by atoms with E-state index in [0.29, 0.717) is 10.0 Å². The molecule has 0 saturated heterocycles. The zero-order valence-electron chi connectivity index (χ0n) is 9.69. The van der Waals surface area contributed by atoms with Crippen molar-refractivity contribution in [2.75, 3.05) is 21.3 Å². The van der Waals surface area contributed by atoms with Crippen molar-refractivity contribution in [1.29, 1.82) is 0 Å². The summed E-state index contributed by atoms with van der Waals surface area (Å²) in [6, 6.07) is 3.30. The molecule has 0 atom stereocenters. The number of carboxylic acid groups (broad SMARTS) is 1. The van der Waals surface area contributed by atoms with Crippen LogP contribution in [-0.2, 0) is 9.47 Å². The second-order valence-electron chi connectivity index (χ2n) is 3.15. The Morgan fingerprint density at radius 2 is 1.83 bits per heavy atom. The van der Waals surface area contributed by atoms with Gasteiger partial charge in [-0.15, -0.1) is 0 Å². The van der Waals surface area contributed by atoms with Gasteiger partial charge in [0, 0.05) is 18.7 Å². The second-order valence-corrected chi connectivity index (χ2v) is 4.01. The van der Waals surface area contributed by atoms with Gasteiger partial charge in [-0.1, -0.05) is 0 Å². The summed E-state index contributed by atoms with van der Waals surface area (Å²) in [6.45, 7) is 0. The molecule has 1 N–H and O–H groups in total. The monoisotopic (exact) mass is 344 g/mol. The van der Waals surface area contributed by atoms with E-state index >= 15 is 0 Å². The van der Waals surface area contributed by atoms with Gasteiger partial charge in [0.2, 0.25) is 0 Å². The summed E-state index contributed by atoms with van der Waals surface area (Å²) >= 11 is 3.17. The summed E-state index contributed by atoms with van der Waals surface area (Å²) in [5.41, 5.74) is 0.571. The Labute approximate surface area is 156 Å². The molecule has 0 aliphatic heterocycles. The van der Waals surface area contributed by atoms with E-state index in [9.17, 15) is 4.79 Å². The van der Waals surface area contributed by atoms with Crippen molar-refractivity contribution in [3.05, 3.63) is 27.7 Å². The van der Waals surface area contributed by atoms with Gasteiger partial charge in [-0.2, -0.15) is 0 Å². The predicted molar refractivity (Wildman–Crippen MR) is 71.6 cm³/mol. The first-order valence-electron chi connectivity index (χ1n) is 4.72. The van der Waals surface area contributed by atoms with Gasteiger partial charge >= 0.3 is 57.4 Å². The van der Waals surface area contributed by atoms with Crippen LogP contribution in [0.5, 0.6) is 5.75 Å². The predicted octanol–water partition coefficient (Wildman–Crippen LogP) is 1.80. The molecule has 0 aliphatic carbocycles. The number of hydrogen-bond donors (Lipinski definition) is 1. The number of rotatable bonds is 5. The summed E-state index contributed by atoms with van der Waals surface area (Å²) in [5.74, 6) is -0.859. The standard InChI is InChI=1S/C11H13BrO5.K.H/c1-15-9-6(11(16-2)17-3)4-5-7(12)8(9)10(13)14;;/h4-5,11H,1-3H3,(H,13,14);;. The van der Waals surface area contributed by atoms with Crippen LogP contribution in [0.2, 0.25) is 0 Å². The molecule has 5 nitrogen and oxygen atoms in total. The topological polar surface area (TPSA) is 65.0 Å². The maximum absolute atomic E-state index is 11.2. The number of carboxylic acids is 1. The first-order valence-corrected chi connectivity index (χ1v) is 5.51. The molecule has 1 aromatic carbocycles. The molecule has 96 valence electrons. The third-order valence-corrected chi connectivity index (χ3v) is 2.90. The van der Waals surface area contributed by atoms with Gasteiger partial charge in [0.25, 0.3) is 0 Å². The van der Waals surface area contributed by atoms with Crippen molar-refractivity contribution in [2.45, 2.75) is 6.29 Å². The molecule has 0 fully saturated rings. The second kappa shape index (κ2) is 8.65. The van der Waals surface area contributed by atoms with Crippen molar-refractivity contribution in [3.63, 3.8) is 0 Å². The van der Waals surface area contributed by atoms with Crippen LogP contribution in [0.25, 0.3) is 0 Å². The molecular weight excluding hydrogens is 331 g/mol. The molecule has 0 saturated carbocycles. The fraction of sp³-hybridized carbons (Fsp3) is 0.364. The van der Waals surface area contributed by atoms with Gasteiger partial charge in [0.1, 0.15) is 11.3 Å². The summed E-state index contributed by atoms with van der Waals surface area (Å²) in [7, 11) is 4.34. The Hall–Kier alpha value is 0.526. The first-order chi connectivity index (χ1) is 8.06. The van der Waals surface area contributed by atoms with E-state index in [2.05, 4.69) is 15.9 Å². The molecule has 0 aromatic heterocycles. The van der Waals surface area contributed by atoms with Crippen LogP contribution in [0.3, 0.4) is 0 Å². The summed E-state index contributed by atoms with van der Waals surface area (Å²) in [5, 5.41) is 9.14. The van der Waals surface area contributed by atoms with Crippen LogP contribution >= 0.6 is 15.9 Å². The molecule has 0 amide bonds. The van der Waals surface area contributed by atoms with Crippen LogP contribution in [-0.4, -0.2) is 83.8 Å². The van der Waals surface area contributed by atoms with Crippen molar-refractivity contribution >= 4 is 73.3 Å². The van der Waals surface area contributed by atoms with E-state index in [1.807, 2.05) is 0 Å². The number of ether oxygens (including phenoxy) is 3. The zero-order valence-corrected chi connectivity index (χ0v) is 11.3. The Morgan fingerprint density at radius 1 is 1.28 bits per heavy atom. The summed E-state index contributed by atoms with van der Waals surface area (Å²) in [4.78, 5) is 11.2. The number of hydrogen-bond acceptors (Lipinski definition) is 4. The minimum atomic E-state index is -1.08. The van der Waals surface area contributed by atoms with Crippen LogP contribution in [0.15, 0.2) is 16.6 Å². The van der Waals surface area contributed by atoms with E-state index < -0.39 is 12.3 Å². The molecule has 0 aliphatic rings. The Morgan fingerprint density at radius 3 is 2.22 bits per heavy atom. The van der Waals surface area contributed by atoms with Crippen LogP contribution in [0.1, 0.15) is 22.2 Å². The fourth-order valence-electron chi connectivity index (χ4n) is 1.53. The number of benzene rings is 1. The van der Waals surface area contributed by atoms with Crippen LogP contribution < -0.4 is 4.74 Å². The first kappa shape index (κ1) is 18.5. The minimum absolute atomic E-state index is 0. The molecule has 0 heterocycles. The van der Waals surface area contributed by atoms with Crippen molar-refractivity contribution in [3.8, 4) is 5.75 Å². The molecular formula is C11H14BrKO5. The molecule has 18 heavy (non-hydrogen) atoms. The summed E-state index contributed by atoms with van der Waals surface area (Å²) in [6.07, 6.45) is -0.670. The molecule has 0 spiro atoms. The molecule has 1 rings (SSSR count). The number of methoxy groups -OCH3 is 3. The van der Waals surface area contributed by atoms with Crippen LogP contribution in [0, 0.1) is 0 Å². The molecule has 0 radical (unpaired) electrons. The number of aromatic carboxylic acids is 1. The van der Waals surface area contributed by atoms with Gasteiger partial charge in [-0.25, -0.2) is 4.79 Å². The van der Waals surface area contributed by atoms with Crippen molar-refractivity contribution in [1.82, 2.24) is 0 Å². The zero-order chi connectivity index (χ0) is 13.0. The normalized spacial score (nSPS) is 10.1. The van der Waals surface area contributed by atoms with Gasteiger partial charge in [0.15, 0.2) is 6.29 Å².